The smallest absolute Gasteiger partial charge is 0.345 e. The SMILES string of the molecule is O=C(O)C(Cc1ccc(Oc2ccccc2)cc1)Oc1cccc(Cl)c1. The van der Waals surface area contributed by atoms with E-state index in [1.165, 1.54) is 0 Å². The van der Waals surface area contributed by atoms with Gasteiger partial charge in [-0.15, -0.1) is 0 Å². The first kappa shape index (κ1) is 17.8. The summed E-state index contributed by atoms with van der Waals surface area (Å²) in [4.78, 5) is 11.5. The van der Waals surface area contributed by atoms with E-state index in [2.05, 4.69) is 0 Å². The number of carbonyl (C=O) groups is 1. The average Bonchev–Trinajstić information content (AvgIpc) is 2.63. The fourth-order valence-electron chi connectivity index (χ4n) is 2.42. The molecule has 0 bridgehead atoms. The van der Waals surface area contributed by atoms with Gasteiger partial charge in [0.05, 0.1) is 0 Å². The molecule has 0 saturated carbocycles. The van der Waals surface area contributed by atoms with Crippen molar-refractivity contribution in [2.45, 2.75) is 12.5 Å². The third-order valence-electron chi connectivity index (χ3n) is 3.67. The first-order valence-corrected chi connectivity index (χ1v) is 8.45. The van der Waals surface area contributed by atoms with Crippen LogP contribution in [0.4, 0.5) is 0 Å². The maximum atomic E-state index is 11.5. The molecule has 1 unspecified atom stereocenters. The number of ether oxygens (including phenoxy) is 2. The quantitative estimate of drug-likeness (QED) is 0.622. The maximum Gasteiger partial charge on any atom is 0.345 e. The van der Waals surface area contributed by atoms with Crippen molar-refractivity contribution in [3.05, 3.63) is 89.4 Å². The normalized spacial score (nSPS) is 11.6. The molecule has 4 nitrogen and oxygen atoms in total. The Balaban J connectivity index is 1.66. The highest BCUT2D eigenvalue weighted by Gasteiger charge is 2.20. The van der Waals surface area contributed by atoms with Crippen LogP contribution in [0, 0.1) is 0 Å². The zero-order valence-corrected chi connectivity index (χ0v) is 14.6. The number of carboxylic acids is 1. The Morgan fingerprint density at radius 1 is 0.885 bits per heavy atom. The molecule has 0 aliphatic carbocycles. The van der Waals surface area contributed by atoms with Crippen molar-refractivity contribution in [3.63, 3.8) is 0 Å². The highest BCUT2D eigenvalue weighted by atomic mass is 35.5. The molecule has 0 amide bonds. The van der Waals surface area contributed by atoms with Crippen LogP contribution in [-0.2, 0) is 11.2 Å². The van der Waals surface area contributed by atoms with E-state index in [0.29, 0.717) is 16.5 Å². The fraction of sp³-hybridized carbons (Fsp3) is 0.0952. The highest BCUT2D eigenvalue weighted by molar-refractivity contribution is 6.30. The summed E-state index contributed by atoms with van der Waals surface area (Å²) in [5.41, 5.74) is 0.833. The topological polar surface area (TPSA) is 55.8 Å². The Bertz CT molecular complexity index is 863. The van der Waals surface area contributed by atoms with Gasteiger partial charge in [0.2, 0.25) is 0 Å². The lowest BCUT2D eigenvalue weighted by molar-refractivity contribution is -0.145. The van der Waals surface area contributed by atoms with Gasteiger partial charge in [0.25, 0.3) is 0 Å². The van der Waals surface area contributed by atoms with Crippen molar-refractivity contribution in [2.24, 2.45) is 0 Å². The van der Waals surface area contributed by atoms with Crippen molar-refractivity contribution >= 4 is 17.6 Å². The summed E-state index contributed by atoms with van der Waals surface area (Å²) >= 11 is 5.91. The Labute approximate surface area is 156 Å². The van der Waals surface area contributed by atoms with Gasteiger partial charge in [-0.1, -0.05) is 48.0 Å². The lowest BCUT2D eigenvalue weighted by Crippen LogP contribution is -2.29. The van der Waals surface area contributed by atoms with Gasteiger partial charge in [-0.05, 0) is 48.0 Å². The molecule has 0 aliphatic rings. The van der Waals surface area contributed by atoms with Crippen LogP contribution in [0.15, 0.2) is 78.9 Å². The van der Waals surface area contributed by atoms with Crippen LogP contribution in [0.2, 0.25) is 5.02 Å². The van der Waals surface area contributed by atoms with Crippen molar-refractivity contribution < 1.29 is 19.4 Å². The minimum Gasteiger partial charge on any atom is -0.478 e. The second kappa shape index (κ2) is 8.41. The Kier molecular flexibility index (Phi) is 5.77. The molecule has 0 fully saturated rings. The molecule has 0 aliphatic heterocycles. The van der Waals surface area contributed by atoms with Crippen molar-refractivity contribution in [1.29, 1.82) is 0 Å². The van der Waals surface area contributed by atoms with Crippen LogP contribution in [0.3, 0.4) is 0 Å². The number of halogens is 1. The largest absolute Gasteiger partial charge is 0.478 e. The molecule has 0 spiro atoms. The second-order valence-corrected chi connectivity index (χ2v) is 6.10. The van der Waals surface area contributed by atoms with Gasteiger partial charge >= 0.3 is 5.97 Å². The summed E-state index contributed by atoms with van der Waals surface area (Å²) in [6.45, 7) is 0. The lowest BCUT2D eigenvalue weighted by atomic mass is 10.1. The fourth-order valence-corrected chi connectivity index (χ4v) is 2.60. The number of carboxylic acid groups (broad SMARTS) is 1. The van der Waals surface area contributed by atoms with Gasteiger partial charge in [-0.2, -0.15) is 0 Å². The van der Waals surface area contributed by atoms with E-state index in [0.717, 1.165) is 11.3 Å². The van der Waals surface area contributed by atoms with Gasteiger partial charge in [-0.25, -0.2) is 4.79 Å². The number of para-hydroxylation sites is 1. The monoisotopic (exact) mass is 368 g/mol. The first-order chi connectivity index (χ1) is 12.6. The van der Waals surface area contributed by atoms with Gasteiger partial charge in [-0.3, -0.25) is 0 Å². The molecular formula is C21H17ClO4. The Hall–Kier alpha value is -2.98. The van der Waals surface area contributed by atoms with Gasteiger partial charge in [0.1, 0.15) is 17.2 Å². The summed E-state index contributed by atoms with van der Waals surface area (Å²) in [5, 5.41) is 9.93. The van der Waals surface area contributed by atoms with Crippen molar-refractivity contribution in [1.82, 2.24) is 0 Å². The molecule has 0 aromatic heterocycles. The molecule has 3 rings (SSSR count). The van der Waals surface area contributed by atoms with Crippen LogP contribution in [0.5, 0.6) is 17.2 Å². The Morgan fingerprint density at radius 3 is 2.19 bits per heavy atom. The number of hydrogen-bond donors (Lipinski definition) is 1. The molecule has 5 heteroatoms. The second-order valence-electron chi connectivity index (χ2n) is 5.67. The number of benzene rings is 3. The van der Waals surface area contributed by atoms with E-state index in [9.17, 15) is 9.90 Å². The Morgan fingerprint density at radius 2 is 1.54 bits per heavy atom. The number of hydrogen-bond acceptors (Lipinski definition) is 3. The number of rotatable bonds is 7. The third-order valence-corrected chi connectivity index (χ3v) is 3.91. The molecule has 132 valence electrons. The van der Waals surface area contributed by atoms with Crippen LogP contribution < -0.4 is 9.47 Å². The standard InChI is InChI=1S/C21H17ClO4/c22-16-5-4-8-19(14-16)26-20(21(23)24)13-15-9-11-18(12-10-15)25-17-6-2-1-3-7-17/h1-12,14,20H,13H2,(H,23,24). The lowest BCUT2D eigenvalue weighted by Gasteiger charge is -2.15. The summed E-state index contributed by atoms with van der Waals surface area (Å²) in [7, 11) is 0. The zero-order chi connectivity index (χ0) is 18.4. The number of aliphatic carboxylic acids is 1. The summed E-state index contributed by atoms with van der Waals surface area (Å²) < 4.78 is 11.3. The zero-order valence-electron chi connectivity index (χ0n) is 13.8. The van der Waals surface area contributed by atoms with Crippen LogP contribution in [0.25, 0.3) is 0 Å². The first-order valence-electron chi connectivity index (χ1n) is 8.07. The molecule has 3 aromatic rings. The van der Waals surface area contributed by atoms with E-state index in [4.69, 9.17) is 21.1 Å². The molecule has 3 aromatic carbocycles. The van der Waals surface area contributed by atoms with E-state index >= 15 is 0 Å². The predicted molar refractivity (Wildman–Crippen MR) is 100 cm³/mol. The molecule has 1 N–H and O–H groups in total. The van der Waals surface area contributed by atoms with Crippen molar-refractivity contribution in [3.8, 4) is 17.2 Å². The molecule has 0 saturated heterocycles. The van der Waals surface area contributed by atoms with Crippen molar-refractivity contribution in [2.75, 3.05) is 0 Å². The van der Waals surface area contributed by atoms with Crippen LogP contribution in [0.1, 0.15) is 5.56 Å². The van der Waals surface area contributed by atoms with Crippen LogP contribution in [-0.4, -0.2) is 17.2 Å². The van der Waals surface area contributed by atoms with E-state index < -0.39 is 12.1 Å². The predicted octanol–water partition coefficient (Wildman–Crippen LogP) is 5.21. The van der Waals surface area contributed by atoms with E-state index in [1.54, 1.807) is 36.4 Å². The summed E-state index contributed by atoms with van der Waals surface area (Å²) in [6.07, 6.45) is -0.776. The molecule has 0 radical (unpaired) electrons. The minimum absolute atomic E-state index is 0.230. The highest BCUT2D eigenvalue weighted by Crippen LogP contribution is 2.23. The summed E-state index contributed by atoms with van der Waals surface area (Å²) in [6, 6.07) is 23.4. The minimum atomic E-state index is -1.03. The average molecular weight is 369 g/mol. The maximum absolute atomic E-state index is 11.5. The van der Waals surface area contributed by atoms with E-state index in [-0.39, 0.29) is 6.42 Å². The molecular weight excluding hydrogens is 352 g/mol. The van der Waals surface area contributed by atoms with Crippen LogP contribution >= 0.6 is 11.6 Å². The molecule has 0 heterocycles. The van der Waals surface area contributed by atoms with Gasteiger partial charge < -0.3 is 14.6 Å². The molecule has 1 atom stereocenters. The van der Waals surface area contributed by atoms with Gasteiger partial charge in [0, 0.05) is 11.4 Å². The third kappa shape index (κ3) is 5.01. The molecule has 26 heavy (non-hydrogen) atoms. The van der Waals surface area contributed by atoms with Gasteiger partial charge in [0.15, 0.2) is 6.10 Å². The van der Waals surface area contributed by atoms with E-state index in [1.807, 2.05) is 42.5 Å². The summed E-state index contributed by atoms with van der Waals surface area (Å²) in [5.74, 6) is 0.819.